The molecule has 6 atom stereocenters. The molecule has 1 fully saturated rings. The summed E-state index contributed by atoms with van der Waals surface area (Å²) in [7, 11) is 3.47. The minimum Gasteiger partial charge on any atom is -0.501 e. The zero-order valence-electron chi connectivity index (χ0n) is 17.7. The number of aliphatic imine (C=N–C) groups is 1. The molecule has 1 heterocycles. The van der Waals surface area contributed by atoms with Crippen molar-refractivity contribution in [1.82, 2.24) is 0 Å². The summed E-state index contributed by atoms with van der Waals surface area (Å²) in [6.07, 6.45) is 14.2. The SMILES string of the molecule is COC1=CC2=CC[C@@H]3[C@H](CC[C@]4(C)C(C5=NC(OC)OC5)=CC[C@@H]34)[C@@]2(C)CC1. The standard InChI is InChI=1S/C24H33NO3/c1-23-11-9-16(26-3)13-15(23)5-6-17-18-7-8-20(21-14-28-22(25-21)27-4)24(18,2)12-10-19(17)23/h5,8,13,17-19,22H,6-7,9-12,14H2,1-4H3/t17-,18-,19-,22?,23-,24-/m0/s1. The maximum Gasteiger partial charge on any atom is 0.258 e. The van der Waals surface area contributed by atoms with Crippen molar-refractivity contribution in [2.75, 3.05) is 20.8 Å². The zero-order chi connectivity index (χ0) is 19.5. The lowest BCUT2D eigenvalue weighted by atomic mass is 9.48. The number of hydrogen-bond donors (Lipinski definition) is 0. The molecule has 28 heavy (non-hydrogen) atoms. The maximum atomic E-state index is 5.67. The molecule has 0 bridgehead atoms. The Hall–Kier alpha value is -1.39. The van der Waals surface area contributed by atoms with Gasteiger partial charge in [0.1, 0.15) is 0 Å². The van der Waals surface area contributed by atoms with Gasteiger partial charge in [-0.25, -0.2) is 4.99 Å². The molecular weight excluding hydrogens is 350 g/mol. The van der Waals surface area contributed by atoms with E-state index in [1.165, 1.54) is 43.3 Å². The van der Waals surface area contributed by atoms with E-state index in [1.54, 1.807) is 7.11 Å². The largest absolute Gasteiger partial charge is 0.501 e. The Morgan fingerprint density at radius 1 is 1.07 bits per heavy atom. The Bertz CT molecular complexity index is 794. The Labute approximate surface area is 168 Å². The molecule has 0 aromatic rings. The van der Waals surface area contributed by atoms with Gasteiger partial charge in [-0.3, -0.25) is 0 Å². The van der Waals surface area contributed by atoms with Crippen LogP contribution in [0.15, 0.2) is 40.1 Å². The van der Waals surface area contributed by atoms with Crippen molar-refractivity contribution < 1.29 is 14.2 Å². The number of methoxy groups -OCH3 is 2. The van der Waals surface area contributed by atoms with Gasteiger partial charge in [0.25, 0.3) is 6.41 Å². The molecule has 4 heteroatoms. The molecule has 0 spiro atoms. The minimum atomic E-state index is -0.419. The summed E-state index contributed by atoms with van der Waals surface area (Å²) in [6, 6.07) is 0. The van der Waals surface area contributed by atoms with Gasteiger partial charge >= 0.3 is 0 Å². The van der Waals surface area contributed by atoms with E-state index in [1.807, 2.05) is 7.11 Å². The summed E-state index contributed by atoms with van der Waals surface area (Å²) in [6.45, 7) is 5.59. The molecule has 1 unspecified atom stereocenters. The second-order valence-electron chi connectivity index (χ2n) is 9.74. The number of ether oxygens (including phenoxy) is 3. The normalized spacial score (nSPS) is 44.6. The van der Waals surface area contributed by atoms with Crippen LogP contribution in [0.3, 0.4) is 0 Å². The highest BCUT2D eigenvalue weighted by atomic mass is 16.7. The van der Waals surface area contributed by atoms with Gasteiger partial charge in [0, 0.05) is 13.5 Å². The number of nitrogens with zero attached hydrogens (tertiary/aromatic N) is 1. The van der Waals surface area contributed by atoms with Crippen LogP contribution in [-0.2, 0) is 14.2 Å². The fourth-order valence-electron chi connectivity index (χ4n) is 7.10. The van der Waals surface area contributed by atoms with Crippen molar-refractivity contribution in [2.24, 2.45) is 33.6 Å². The number of rotatable bonds is 3. The van der Waals surface area contributed by atoms with Gasteiger partial charge in [0.2, 0.25) is 0 Å². The second kappa shape index (κ2) is 6.56. The third-order valence-electron chi connectivity index (χ3n) is 8.71. The van der Waals surface area contributed by atoms with E-state index < -0.39 is 6.41 Å². The fourth-order valence-corrected chi connectivity index (χ4v) is 7.10. The maximum absolute atomic E-state index is 5.67. The Balaban J connectivity index is 1.44. The van der Waals surface area contributed by atoms with Crippen molar-refractivity contribution in [3.8, 4) is 0 Å². The van der Waals surface area contributed by atoms with Crippen LogP contribution in [-0.4, -0.2) is 33.0 Å². The van der Waals surface area contributed by atoms with E-state index in [9.17, 15) is 0 Å². The summed E-state index contributed by atoms with van der Waals surface area (Å²) in [4.78, 5) is 4.70. The van der Waals surface area contributed by atoms with Gasteiger partial charge in [0.15, 0.2) is 0 Å². The lowest BCUT2D eigenvalue weighted by Crippen LogP contribution is -2.49. The monoisotopic (exact) mass is 383 g/mol. The van der Waals surface area contributed by atoms with Gasteiger partial charge in [-0.05, 0) is 77.9 Å². The molecule has 152 valence electrons. The minimum absolute atomic E-state index is 0.232. The summed E-state index contributed by atoms with van der Waals surface area (Å²) < 4.78 is 16.5. The molecule has 0 radical (unpaired) electrons. The van der Waals surface area contributed by atoms with E-state index in [0.717, 1.165) is 29.7 Å². The van der Waals surface area contributed by atoms with E-state index in [-0.39, 0.29) is 5.41 Å². The number of fused-ring (bicyclic) bond motifs is 5. The first-order valence-corrected chi connectivity index (χ1v) is 10.9. The quantitative estimate of drug-likeness (QED) is 0.686. The average Bonchev–Trinajstić information content (AvgIpc) is 3.30. The van der Waals surface area contributed by atoms with Crippen LogP contribution < -0.4 is 0 Å². The molecule has 1 saturated carbocycles. The molecular formula is C24H33NO3. The van der Waals surface area contributed by atoms with Crippen LogP contribution in [0.4, 0.5) is 0 Å². The third kappa shape index (κ3) is 2.53. The fraction of sp³-hybridized carbons (Fsp3) is 0.708. The van der Waals surface area contributed by atoms with Crippen LogP contribution in [0.2, 0.25) is 0 Å². The van der Waals surface area contributed by atoms with Crippen molar-refractivity contribution in [3.05, 3.63) is 35.1 Å². The van der Waals surface area contributed by atoms with Gasteiger partial charge in [0.05, 0.1) is 25.2 Å². The first-order valence-electron chi connectivity index (χ1n) is 10.9. The molecule has 4 aliphatic carbocycles. The average molecular weight is 384 g/mol. The van der Waals surface area contributed by atoms with Crippen molar-refractivity contribution >= 4 is 5.71 Å². The molecule has 5 rings (SSSR count). The van der Waals surface area contributed by atoms with Crippen LogP contribution in [0.1, 0.15) is 52.4 Å². The zero-order valence-corrected chi connectivity index (χ0v) is 17.7. The highest BCUT2D eigenvalue weighted by molar-refractivity contribution is 6.03. The first kappa shape index (κ1) is 18.6. The number of hydrogen-bond acceptors (Lipinski definition) is 4. The molecule has 5 aliphatic rings. The van der Waals surface area contributed by atoms with Crippen molar-refractivity contribution in [2.45, 2.75) is 58.8 Å². The van der Waals surface area contributed by atoms with E-state index in [4.69, 9.17) is 19.2 Å². The Morgan fingerprint density at radius 2 is 1.93 bits per heavy atom. The number of allylic oxidation sites excluding steroid dienone is 5. The molecule has 1 aliphatic heterocycles. The second-order valence-corrected chi connectivity index (χ2v) is 9.74. The topological polar surface area (TPSA) is 40.0 Å². The van der Waals surface area contributed by atoms with Crippen LogP contribution in [0.25, 0.3) is 0 Å². The van der Waals surface area contributed by atoms with Gasteiger partial charge < -0.3 is 14.2 Å². The molecule has 0 saturated heterocycles. The smallest absolute Gasteiger partial charge is 0.258 e. The predicted octanol–water partition coefficient (Wildman–Crippen LogP) is 5.03. The Morgan fingerprint density at radius 3 is 2.68 bits per heavy atom. The molecule has 0 N–H and O–H groups in total. The highest BCUT2D eigenvalue weighted by Gasteiger charge is 2.57. The third-order valence-corrected chi connectivity index (χ3v) is 8.71. The van der Waals surface area contributed by atoms with Crippen LogP contribution in [0.5, 0.6) is 0 Å². The van der Waals surface area contributed by atoms with Crippen LogP contribution in [0, 0.1) is 28.6 Å². The predicted molar refractivity (Wildman–Crippen MR) is 110 cm³/mol. The van der Waals surface area contributed by atoms with Crippen molar-refractivity contribution in [1.29, 1.82) is 0 Å². The molecule has 0 aromatic heterocycles. The van der Waals surface area contributed by atoms with E-state index >= 15 is 0 Å². The van der Waals surface area contributed by atoms with Gasteiger partial charge in [-0.2, -0.15) is 0 Å². The molecule has 4 nitrogen and oxygen atoms in total. The lowest BCUT2D eigenvalue weighted by molar-refractivity contribution is -0.0915. The van der Waals surface area contributed by atoms with Crippen molar-refractivity contribution in [3.63, 3.8) is 0 Å². The van der Waals surface area contributed by atoms with Gasteiger partial charge in [-0.15, -0.1) is 0 Å². The Kier molecular flexibility index (Phi) is 4.37. The highest BCUT2D eigenvalue weighted by Crippen LogP contribution is 2.64. The lowest BCUT2D eigenvalue weighted by Gasteiger charge is -2.56. The summed E-state index contributed by atoms with van der Waals surface area (Å²) >= 11 is 0. The molecule has 0 amide bonds. The first-order chi connectivity index (χ1) is 13.5. The molecule has 0 aromatic carbocycles. The van der Waals surface area contributed by atoms with Gasteiger partial charge in [-0.1, -0.05) is 26.0 Å². The summed E-state index contributed by atoms with van der Waals surface area (Å²) in [5.74, 6) is 3.41. The summed E-state index contributed by atoms with van der Waals surface area (Å²) in [5, 5.41) is 0. The van der Waals surface area contributed by atoms with E-state index in [0.29, 0.717) is 17.9 Å². The van der Waals surface area contributed by atoms with Crippen LogP contribution >= 0.6 is 0 Å². The van der Waals surface area contributed by atoms with E-state index in [2.05, 4.69) is 32.1 Å². The summed E-state index contributed by atoms with van der Waals surface area (Å²) in [5.41, 5.74) is 4.64.